The standard InChI is InChI=1S/C10H11N5O2/c1-15-10(17)13-8(14-15)9(16)12-6-7-2-4-11-5-3-7/h2-5H,6H2,1H3,(H,12,16)(H,13,14,17). The van der Waals surface area contributed by atoms with Gasteiger partial charge in [0.05, 0.1) is 0 Å². The fraction of sp³-hybridized carbons (Fsp3) is 0.200. The Hall–Kier alpha value is -2.44. The second-order valence-electron chi connectivity index (χ2n) is 3.44. The van der Waals surface area contributed by atoms with Crippen molar-refractivity contribution in [2.75, 3.05) is 0 Å². The Bertz CT molecular complexity index is 572. The van der Waals surface area contributed by atoms with Gasteiger partial charge in [0.25, 0.3) is 5.91 Å². The van der Waals surface area contributed by atoms with Gasteiger partial charge in [-0.1, -0.05) is 0 Å². The maximum atomic E-state index is 11.6. The Labute approximate surface area is 96.5 Å². The van der Waals surface area contributed by atoms with Gasteiger partial charge in [-0.3, -0.25) is 14.8 Å². The van der Waals surface area contributed by atoms with Crippen molar-refractivity contribution in [1.82, 2.24) is 25.1 Å². The van der Waals surface area contributed by atoms with Gasteiger partial charge in [-0.05, 0) is 17.7 Å². The van der Waals surface area contributed by atoms with Crippen LogP contribution in [0.5, 0.6) is 0 Å². The van der Waals surface area contributed by atoms with Gasteiger partial charge in [-0.25, -0.2) is 9.48 Å². The number of pyridine rings is 1. The molecule has 7 nitrogen and oxygen atoms in total. The highest BCUT2D eigenvalue weighted by Crippen LogP contribution is 1.95. The minimum absolute atomic E-state index is 0.00607. The van der Waals surface area contributed by atoms with Crippen LogP contribution in [-0.2, 0) is 13.6 Å². The summed E-state index contributed by atoms with van der Waals surface area (Å²) in [5.41, 5.74) is 0.505. The van der Waals surface area contributed by atoms with Gasteiger partial charge < -0.3 is 5.32 Å². The summed E-state index contributed by atoms with van der Waals surface area (Å²) in [6.45, 7) is 0.361. The molecule has 0 fully saturated rings. The number of aromatic nitrogens is 4. The molecule has 7 heteroatoms. The number of carbonyl (C=O) groups excluding carboxylic acids is 1. The average Bonchev–Trinajstić information content (AvgIpc) is 2.68. The third-order valence-corrected chi connectivity index (χ3v) is 2.19. The Morgan fingerprint density at radius 3 is 2.76 bits per heavy atom. The van der Waals surface area contributed by atoms with Crippen LogP contribution in [0.2, 0.25) is 0 Å². The first-order chi connectivity index (χ1) is 8.16. The fourth-order valence-electron chi connectivity index (χ4n) is 1.27. The fourth-order valence-corrected chi connectivity index (χ4v) is 1.27. The molecule has 0 radical (unpaired) electrons. The second kappa shape index (κ2) is 4.60. The van der Waals surface area contributed by atoms with E-state index in [1.54, 1.807) is 24.5 Å². The molecule has 2 N–H and O–H groups in total. The zero-order valence-electron chi connectivity index (χ0n) is 9.17. The highest BCUT2D eigenvalue weighted by Gasteiger charge is 2.10. The molecular weight excluding hydrogens is 222 g/mol. The summed E-state index contributed by atoms with van der Waals surface area (Å²) in [5, 5.41) is 6.39. The first kappa shape index (κ1) is 11.1. The molecule has 2 heterocycles. The Balaban J connectivity index is 2.01. The summed E-state index contributed by atoms with van der Waals surface area (Å²) < 4.78 is 1.07. The number of carbonyl (C=O) groups is 1. The summed E-state index contributed by atoms with van der Waals surface area (Å²) in [6, 6.07) is 3.59. The topological polar surface area (TPSA) is 92.7 Å². The van der Waals surface area contributed by atoms with Gasteiger partial charge in [0.15, 0.2) is 0 Å². The maximum absolute atomic E-state index is 11.6. The van der Waals surface area contributed by atoms with Gasteiger partial charge in [0.2, 0.25) is 5.82 Å². The first-order valence-electron chi connectivity index (χ1n) is 4.97. The van der Waals surface area contributed by atoms with E-state index in [4.69, 9.17) is 0 Å². The smallest absolute Gasteiger partial charge is 0.343 e. The summed E-state index contributed by atoms with van der Waals surface area (Å²) in [7, 11) is 1.47. The van der Waals surface area contributed by atoms with Crippen LogP contribution >= 0.6 is 0 Å². The van der Waals surface area contributed by atoms with Crippen molar-refractivity contribution in [2.24, 2.45) is 7.05 Å². The molecular formula is C10H11N5O2. The number of nitrogens with one attached hydrogen (secondary N) is 2. The molecule has 1 amide bonds. The molecule has 2 aromatic heterocycles. The number of aryl methyl sites for hydroxylation is 1. The van der Waals surface area contributed by atoms with Crippen LogP contribution in [0.1, 0.15) is 16.2 Å². The molecule has 0 spiro atoms. The van der Waals surface area contributed by atoms with E-state index >= 15 is 0 Å². The SMILES string of the molecule is Cn1nc(C(=O)NCc2ccncc2)[nH]c1=O. The second-order valence-corrected chi connectivity index (χ2v) is 3.44. The maximum Gasteiger partial charge on any atom is 0.343 e. The van der Waals surface area contributed by atoms with Crippen molar-refractivity contribution >= 4 is 5.91 Å². The van der Waals surface area contributed by atoms with Crippen molar-refractivity contribution in [1.29, 1.82) is 0 Å². The van der Waals surface area contributed by atoms with Crippen LogP contribution in [0.15, 0.2) is 29.3 Å². The van der Waals surface area contributed by atoms with Gasteiger partial charge in [0, 0.05) is 26.0 Å². The predicted octanol–water partition coefficient (Wildman–Crippen LogP) is -0.567. The summed E-state index contributed by atoms with van der Waals surface area (Å²) in [4.78, 5) is 28.9. The van der Waals surface area contributed by atoms with Gasteiger partial charge in [-0.2, -0.15) is 0 Å². The van der Waals surface area contributed by atoms with Crippen molar-refractivity contribution in [3.63, 3.8) is 0 Å². The quantitative estimate of drug-likeness (QED) is 0.742. The number of hydrogen-bond acceptors (Lipinski definition) is 4. The number of hydrogen-bond donors (Lipinski definition) is 2. The van der Waals surface area contributed by atoms with Crippen molar-refractivity contribution in [2.45, 2.75) is 6.54 Å². The van der Waals surface area contributed by atoms with Crippen LogP contribution in [0, 0.1) is 0 Å². The van der Waals surface area contributed by atoms with E-state index in [1.807, 2.05) is 0 Å². The molecule has 2 aromatic rings. The predicted molar refractivity (Wildman–Crippen MR) is 59.2 cm³/mol. The van der Waals surface area contributed by atoms with E-state index in [-0.39, 0.29) is 5.82 Å². The molecule has 0 bridgehead atoms. The summed E-state index contributed by atoms with van der Waals surface area (Å²) in [6.07, 6.45) is 3.29. The van der Waals surface area contributed by atoms with E-state index in [2.05, 4.69) is 20.4 Å². The lowest BCUT2D eigenvalue weighted by Crippen LogP contribution is -2.24. The number of H-pyrrole nitrogens is 1. The van der Waals surface area contributed by atoms with E-state index < -0.39 is 11.6 Å². The Kier molecular flexibility index (Phi) is 2.99. The number of nitrogens with zero attached hydrogens (tertiary/aromatic N) is 3. The first-order valence-corrected chi connectivity index (χ1v) is 4.97. The highest BCUT2D eigenvalue weighted by atomic mass is 16.2. The number of aromatic amines is 1. The van der Waals surface area contributed by atoms with Crippen molar-refractivity contribution in [3.05, 3.63) is 46.4 Å². The van der Waals surface area contributed by atoms with Crippen LogP contribution < -0.4 is 11.0 Å². The average molecular weight is 233 g/mol. The minimum atomic E-state index is -0.418. The molecule has 0 saturated heterocycles. The molecule has 2 rings (SSSR count). The molecule has 0 aromatic carbocycles. The monoisotopic (exact) mass is 233 g/mol. The molecule has 0 unspecified atom stereocenters. The zero-order chi connectivity index (χ0) is 12.3. The van der Waals surface area contributed by atoms with Crippen LogP contribution in [0.3, 0.4) is 0 Å². The summed E-state index contributed by atoms with van der Waals surface area (Å²) in [5.74, 6) is -0.411. The third kappa shape index (κ3) is 2.57. The molecule has 17 heavy (non-hydrogen) atoms. The normalized spacial score (nSPS) is 10.2. The molecule has 88 valence electrons. The molecule has 0 atom stereocenters. The van der Waals surface area contributed by atoms with Gasteiger partial charge >= 0.3 is 5.69 Å². The van der Waals surface area contributed by atoms with Crippen LogP contribution in [-0.4, -0.2) is 25.7 Å². The van der Waals surface area contributed by atoms with Crippen molar-refractivity contribution < 1.29 is 4.79 Å². The lowest BCUT2D eigenvalue weighted by atomic mass is 10.3. The zero-order valence-corrected chi connectivity index (χ0v) is 9.17. The lowest BCUT2D eigenvalue weighted by Gasteiger charge is -2.01. The van der Waals surface area contributed by atoms with E-state index in [0.29, 0.717) is 6.54 Å². The molecule has 0 aliphatic carbocycles. The largest absolute Gasteiger partial charge is 0.345 e. The minimum Gasteiger partial charge on any atom is -0.345 e. The lowest BCUT2D eigenvalue weighted by molar-refractivity contribution is 0.0940. The molecule has 0 aliphatic heterocycles. The van der Waals surface area contributed by atoms with Crippen LogP contribution in [0.25, 0.3) is 0 Å². The summed E-state index contributed by atoms with van der Waals surface area (Å²) >= 11 is 0. The Morgan fingerprint density at radius 1 is 1.47 bits per heavy atom. The van der Waals surface area contributed by atoms with Crippen LogP contribution in [0.4, 0.5) is 0 Å². The molecule has 0 aliphatic rings. The Morgan fingerprint density at radius 2 is 2.18 bits per heavy atom. The van der Waals surface area contributed by atoms with Crippen molar-refractivity contribution in [3.8, 4) is 0 Å². The highest BCUT2D eigenvalue weighted by molar-refractivity contribution is 5.90. The van der Waals surface area contributed by atoms with E-state index in [9.17, 15) is 9.59 Å². The molecule has 0 saturated carbocycles. The number of amides is 1. The van der Waals surface area contributed by atoms with Gasteiger partial charge in [0.1, 0.15) is 0 Å². The number of rotatable bonds is 3. The van der Waals surface area contributed by atoms with E-state index in [0.717, 1.165) is 10.2 Å². The third-order valence-electron chi connectivity index (χ3n) is 2.19. The van der Waals surface area contributed by atoms with Gasteiger partial charge in [-0.15, -0.1) is 5.10 Å². The van der Waals surface area contributed by atoms with E-state index in [1.165, 1.54) is 7.05 Å².